The molecule has 0 fully saturated rings. The smallest absolute Gasteiger partial charge is 0.242 e. The molecule has 0 bridgehead atoms. The third kappa shape index (κ3) is 4.02. The average molecular weight is 390 g/mol. The van der Waals surface area contributed by atoms with Crippen LogP contribution in [0, 0.1) is 0 Å². The van der Waals surface area contributed by atoms with Crippen LogP contribution in [-0.4, -0.2) is 34.0 Å². The van der Waals surface area contributed by atoms with E-state index in [-0.39, 0.29) is 12.5 Å². The van der Waals surface area contributed by atoms with Crippen molar-refractivity contribution in [3.05, 3.63) is 63.9 Å². The fraction of sp³-hybridized carbons (Fsp3) is 0.300. The van der Waals surface area contributed by atoms with Crippen LogP contribution in [0.15, 0.2) is 42.5 Å². The number of imidazole rings is 1. The van der Waals surface area contributed by atoms with Crippen molar-refractivity contribution in [2.75, 3.05) is 13.6 Å². The number of hydrogen-bond donors (Lipinski definition) is 0. The Hall–Kier alpha value is -2.04. The fourth-order valence-corrected chi connectivity index (χ4v) is 3.46. The van der Waals surface area contributed by atoms with E-state index < -0.39 is 0 Å². The molecule has 3 aromatic rings. The number of amides is 1. The van der Waals surface area contributed by atoms with Gasteiger partial charge < -0.3 is 9.47 Å². The average Bonchev–Trinajstić information content (AvgIpc) is 2.95. The van der Waals surface area contributed by atoms with Crippen LogP contribution in [0.5, 0.6) is 0 Å². The lowest BCUT2D eigenvalue weighted by atomic mass is 10.1. The summed E-state index contributed by atoms with van der Waals surface area (Å²) in [6.45, 7) is 3.06. The molecule has 2 aromatic carbocycles. The Morgan fingerprint density at radius 2 is 1.96 bits per heavy atom. The van der Waals surface area contributed by atoms with Gasteiger partial charge in [-0.05, 0) is 36.2 Å². The van der Waals surface area contributed by atoms with Gasteiger partial charge in [-0.25, -0.2) is 4.98 Å². The van der Waals surface area contributed by atoms with Crippen LogP contribution in [0.1, 0.15) is 24.7 Å². The number of aromatic nitrogens is 2. The van der Waals surface area contributed by atoms with Crippen molar-refractivity contribution in [1.29, 1.82) is 0 Å². The summed E-state index contributed by atoms with van der Waals surface area (Å²) in [5.41, 5.74) is 2.76. The zero-order valence-corrected chi connectivity index (χ0v) is 16.4. The molecule has 1 heterocycles. The summed E-state index contributed by atoms with van der Waals surface area (Å²) in [6.07, 6.45) is 1.47. The highest BCUT2D eigenvalue weighted by Crippen LogP contribution is 2.25. The monoisotopic (exact) mass is 389 g/mol. The fourth-order valence-electron chi connectivity index (χ4n) is 2.99. The summed E-state index contributed by atoms with van der Waals surface area (Å²) >= 11 is 12.3. The molecule has 0 spiro atoms. The minimum Gasteiger partial charge on any atom is -0.344 e. The SMILES string of the molecule is CCCN(C)C(=O)Cn1c(Cc2ccc(Cl)cc2Cl)nc2ccccc21. The van der Waals surface area contributed by atoms with Gasteiger partial charge in [-0.3, -0.25) is 4.79 Å². The van der Waals surface area contributed by atoms with Crippen LogP contribution in [-0.2, 0) is 17.8 Å². The van der Waals surface area contributed by atoms with E-state index in [1.165, 1.54) is 0 Å². The van der Waals surface area contributed by atoms with E-state index in [0.717, 1.165) is 35.4 Å². The summed E-state index contributed by atoms with van der Waals surface area (Å²) in [4.78, 5) is 19.1. The molecule has 0 aliphatic heterocycles. The molecule has 0 aliphatic carbocycles. The van der Waals surface area contributed by atoms with E-state index in [4.69, 9.17) is 28.2 Å². The van der Waals surface area contributed by atoms with E-state index >= 15 is 0 Å². The van der Waals surface area contributed by atoms with Gasteiger partial charge in [-0.1, -0.05) is 48.3 Å². The van der Waals surface area contributed by atoms with Gasteiger partial charge in [0.25, 0.3) is 0 Å². The quantitative estimate of drug-likeness (QED) is 0.606. The van der Waals surface area contributed by atoms with Gasteiger partial charge in [-0.15, -0.1) is 0 Å². The minimum absolute atomic E-state index is 0.0680. The van der Waals surface area contributed by atoms with E-state index in [1.807, 2.05) is 48.0 Å². The molecule has 0 atom stereocenters. The molecule has 0 saturated carbocycles. The number of benzene rings is 2. The molecule has 1 aromatic heterocycles. The summed E-state index contributed by atoms with van der Waals surface area (Å²) in [5.74, 6) is 0.882. The Labute approximate surface area is 163 Å². The number of carbonyl (C=O) groups is 1. The lowest BCUT2D eigenvalue weighted by molar-refractivity contribution is -0.130. The van der Waals surface area contributed by atoms with Crippen molar-refractivity contribution in [3.8, 4) is 0 Å². The molecular formula is C20H21Cl2N3O. The molecule has 136 valence electrons. The third-order valence-corrected chi connectivity index (χ3v) is 4.96. The van der Waals surface area contributed by atoms with Crippen molar-refractivity contribution < 1.29 is 4.79 Å². The van der Waals surface area contributed by atoms with Crippen LogP contribution in [0.3, 0.4) is 0 Å². The Morgan fingerprint density at radius 1 is 1.19 bits per heavy atom. The summed E-state index contributed by atoms with van der Waals surface area (Å²) in [5, 5.41) is 1.20. The van der Waals surface area contributed by atoms with E-state index in [2.05, 4.69) is 6.92 Å². The van der Waals surface area contributed by atoms with Crippen molar-refractivity contribution in [2.45, 2.75) is 26.3 Å². The molecule has 0 unspecified atom stereocenters. The Bertz CT molecular complexity index is 936. The van der Waals surface area contributed by atoms with Gasteiger partial charge in [0.1, 0.15) is 12.4 Å². The Morgan fingerprint density at radius 3 is 2.69 bits per heavy atom. The second kappa shape index (κ2) is 8.11. The standard InChI is InChI=1S/C20H21Cl2N3O/c1-3-10-24(2)20(26)13-25-18-7-5-4-6-17(18)23-19(25)11-14-8-9-15(21)12-16(14)22/h4-9,12H,3,10-11,13H2,1-2H3. The first kappa shape index (κ1) is 18.7. The van der Waals surface area contributed by atoms with E-state index in [1.54, 1.807) is 11.0 Å². The maximum atomic E-state index is 12.6. The van der Waals surface area contributed by atoms with Crippen LogP contribution < -0.4 is 0 Å². The number of nitrogens with zero attached hydrogens (tertiary/aromatic N) is 3. The highest BCUT2D eigenvalue weighted by Gasteiger charge is 2.17. The van der Waals surface area contributed by atoms with Gasteiger partial charge in [0.2, 0.25) is 5.91 Å². The maximum Gasteiger partial charge on any atom is 0.242 e. The third-order valence-electron chi connectivity index (χ3n) is 4.38. The van der Waals surface area contributed by atoms with Gasteiger partial charge in [0.15, 0.2) is 0 Å². The first-order valence-electron chi connectivity index (χ1n) is 8.61. The first-order valence-corrected chi connectivity index (χ1v) is 9.37. The van der Waals surface area contributed by atoms with Gasteiger partial charge in [0.05, 0.1) is 11.0 Å². The number of fused-ring (bicyclic) bond motifs is 1. The molecule has 1 amide bonds. The summed E-state index contributed by atoms with van der Waals surface area (Å²) in [7, 11) is 1.83. The zero-order valence-electron chi connectivity index (χ0n) is 14.9. The Kier molecular flexibility index (Phi) is 5.84. The molecule has 6 heteroatoms. The van der Waals surface area contributed by atoms with Crippen molar-refractivity contribution in [2.24, 2.45) is 0 Å². The normalized spacial score (nSPS) is 11.1. The van der Waals surface area contributed by atoms with Crippen LogP contribution >= 0.6 is 23.2 Å². The van der Waals surface area contributed by atoms with E-state index in [0.29, 0.717) is 16.5 Å². The molecular weight excluding hydrogens is 369 g/mol. The zero-order chi connectivity index (χ0) is 18.7. The number of para-hydroxylation sites is 2. The van der Waals surface area contributed by atoms with Gasteiger partial charge in [-0.2, -0.15) is 0 Å². The molecule has 26 heavy (non-hydrogen) atoms. The predicted molar refractivity (Wildman–Crippen MR) is 107 cm³/mol. The molecule has 0 N–H and O–H groups in total. The highest BCUT2D eigenvalue weighted by atomic mass is 35.5. The van der Waals surface area contributed by atoms with Crippen molar-refractivity contribution in [1.82, 2.24) is 14.5 Å². The van der Waals surface area contributed by atoms with Crippen LogP contribution in [0.4, 0.5) is 0 Å². The van der Waals surface area contributed by atoms with Gasteiger partial charge >= 0.3 is 0 Å². The second-order valence-electron chi connectivity index (χ2n) is 6.33. The highest BCUT2D eigenvalue weighted by molar-refractivity contribution is 6.35. The van der Waals surface area contributed by atoms with Crippen LogP contribution in [0.2, 0.25) is 10.0 Å². The molecule has 0 saturated heterocycles. The van der Waals surface area contributed by atoms with Crippen LogP contribution in [0.25, 0.3) is 11.0 Å². The summed E-state index contributed by atoms with van der Waals surface area (Å²) < 4.78 is 1.98. The number of hydrogen-bond acceptors (Lipinski definition) is 2. The molecule has 4 nitrogen and oxygen atoms in total. The summed E-state index contributed by atoms with van der Waals surface area (Å²) in [6, 6.07) is 13.3. The number of likely N-dealkylation sites (N-methyl/N-ethyl adjacent to an activating group) is 1. The largest absolute Gasteiger partial charge is 0.344 e. The van der Waals surface area contributed by atoms with Gasteiger partial charge in [0, 0.05) is 30.1 Å². The molecule has 3 rings (SSSR count). The number of carbonyl (C=O) groups excluding carboxylic acids is 1. The molecule has 0 aliphatic rings. The molecule has 0 radical (unpaired) electrons. The second-order valence-corrected chi connectivity index (χ2v) is 7.17. The first-order chi connectivity index (χ1) is 12.5. The maximum absolute atomic E-state index is 12.6. The Balaban J connectivity index is 1.97. The van der Waals surface area contributed by atoms with Crippen molar-refractivity contribution in [3.63, 3.8) is 0 Å². The number of rotatable bonds is 6. The number of halogens is 2. The van der Waals surface area contributed by atoms with Crippen molar-refractivity contribution >= 4 is 40.1 Å². The predicted octanol–water partition coefficient (Wildman–Crippen LogP) is 4.80. The topological polar surface area (TPSA) is 38.1 Å². The van der Waals surface area contributed by atoms with E-state index in [9.17, 15) is 4.79 Å². The lowest BCUT2D eigenvalue weighted by Crippen LogP contribution is -2.31. The lowest BCUT2D eigenvalue weighted by Gasteiger charge is -2.18. The minimum atomic E-state index is 0.0680.